The third-order valence-electron chi connectivity index (χ3n) is 4.87. The van der Waals surface area contributed by atoms with Crippen LogP contribution in [0.15, 0.2) is 27.4 Å². The van der Waals surface area contributed by atoms with Gasteiger partial charge >= 0.3 is 11.9 Å². The van der Waals surface area contributed by atoms with E-state index in [9.17, 15) is 14.4 Å². The first-order valence-electron chi connectivity index (χ1n) is 9.47. The fraction of sp³-hybridized carbons (Fsp3) is 0.600. The lowest BCUT2D eigenvalue weighted by molar-refractivity contribution is -0.495. The first-order chi connectivity index (χ1) is 13.5. The minimum Gasteiger partial charge on any atom is -0.465 e. The molecule has 1 aliphatic rings. The van der Waals surface area contributed by atoms with E-state index in [4.69, 9.17) is 9.47 Å². The molecule has 0 aromatic carbocycles. The number of ether oxygens (including phenoxy) is 2. The molecule has 1 aliphatic heterocycles. The molecule has 2 rings (SSSR count). The van der Waals surface area contributed by atoms with Crippen LogP contribution >= 0.6 is 43.8 Å². The highest BCUT2D eigenvalue weighted by atomic mass is 79.9. The van der Waals surface area contributed by atoms with Crippen LogP contribution in [0.25, 0.3) is 0 Å². The highest BCUT2D eigenvalue weighted by Gasteiger charge is 2.62. The topological polar surface area (TPSA) is 73.6 Å². The summed E-state index contributed by atoms with van der Waals surface area (Å²) in [5.74, 6) is -1.09. The van der Waals surface area contributed by atoms with Crippen LogP contribution in [0.4, 0.5) is 0 Å². The van der Waals surface area contributed by atoms with Crippen LogP contribution in [0.5, 0.6) is 0 Å². The molecule has 0 saturated carbocycles. The van der Waals surface area contributed by atoms with Crippen LogP contribution in [-0.4, -0.2) is 35.7 Å². The van der Waals surface area contributed by atoms with E-state index in [1.165, 1.54) is 11.9 Å². The van der Waals surface area contributed by atoms with Crippen molar-refractivity contribution in [1.29, 1.82) is 0 Å². The van der Waals surface area contributed by atoms with Gasteiger partial charge in [-0.15, -0.1) is 3.97 Å². The number of rotatable bonds is 9. The van der Waals surface area contributed by atoms with Crippen LogP contribution in [0, 0.1) is 11.3 Å². The maximum Gasteiger partial charge on any atom is 0.324 e. The zero-order valence-electron chi connectivity index (χ0n) is 17.0. The maximum absolute atomic E-state index is 13.0. The molecular weight excluding hydrogens is 526 g/mol. The smallest absolute Gasteiger partial charge is 0.324 e. The molecule has 2 heterocycles. The molecule has 160 valence electrons. The van der Waals surface area contributed by atoms with Gasteiger partial charge in [-0.3, -0.25) is 14.4 Å². The predicted molar refractivity (Wildman–Crippen MR) is 117 cm³/mol. The van der Waals surface area contributed by atoms with Gasteiger partial charge in [0.1, 0.15) is 5.75 Å². The zero-order valence-corrected chi connectivity index (χ0v) is 21.0. The Bertz CT molecular complexity index is 783. The number of hydrogen-bond acceptors (Lipinski definition) is 6. The minimum absolute atomic E-state index is 0.0105. The van der Waals surface area contributed by atoms with Gasteiger partial charge < -0.3 is 9.47 Å². The second-order valence-electron chi connectivity index (χ2n) is 7.76. The highest BCUT2D eigenvalue weighted by molar-refractivity contribution is 9.11. The molecule has 2 atom stereocenters. The second-order valence-corrected chi connectivity index (χ2v) is 10.6. The number of nitrogens with zero attached hydrogens (tertiary/aromatic N) is 1. The van der Waals surface area contributed by atoms with E-state index in [2.05, 4.69) is 31.9 Å². The molecule has 1 saturated heterocycles. The van der Waals surface area contributed by atoms with Crippen LogP contribution < -0.4 is 3.97 Å². The molecule has 1 fully saturated rings. The fourth-order valence-electron chi connectivity index (χ4n) is 3.24. The molecule has 6 nitrogen and oxygen atoms in total. The Morgan fingerprint density at radius 3 is 2.48 bits per heavy atom. The number of Topliss-reactive ketones (excluding diaryl/α,β-unsaturated/α-hetero) is 1. The zero-order chi connectivity index (χ0) is 21.8. The number of esters is 2. The Hall–Kier alpha value is -0.930. The molecule has 0 radical (unpaired) electrons. The Morgan fingerprint density at radius 1 is 1.31 bits per heavy atom. The first-order valence-corrected chi connectivity index (χ1v) is 12.0. The summed E-state index contributed by atoms with van der Waals surface area (Å²) < 4.78 is 14.2. The summed E-state index contributed by atoms with van der Waals surface area (Å²) >= 11 is 8.10. The van der Waals surface area contributed by atoms with Gasteiger partial charge in [0.05, 0.1) is 15.6 Å². The Kier molecular flexibility index (Phi) is 8.32. The summed E-state index contributed by atoms with van der Waals surface area (Å²) in [7, 11) is 0. The van der Waals surface area contributed by atoms with Gasteiger partial charge in [0.15, 0.2) is 41.1 Å². The summed E-state index contributed by atoms with van der Waals surface area (Å²) in [5, 5.41) is 0. The Labute approximate surface area is 192 Å². The summed E-state index contributed by atoms with van der Waals surface area (Å²) in [6.07, 6.45) is 4.64. The quantitative estimate of drug-likeness (QED) is 0.259. The second kappa shape index (κ2) is 9.92. The van der Waals surface area contributed by atoms with Crippen LogP contribution in [0.3, 0.4) is 0 Å². The monoisotopic (exact) mass is 550 g/mol. The van der Waals surface area contributed by atoms with Crippen LogP contribution in [0.1, 0.15) is 47.0 Å². The van der Waals surface area contributed by atoms with Crippen molar-refractivity contribution in [1.82, 2.24) is 0 Å². The first kappa shape index (κ1) is 24.3. The van der Waals surface area contributed by atoms with Gasteiger partial charge in [0.25, 0.3) is 0 Å². The molecule has 0 bridgehead atoms. The van der Waals surface area contributed by atoms with Crippen molar-refractivity contribution in [2.24, 2.45) is 11.3 Å². The van der Waals surface area contributed by atoms with Crippen LogP contribution in [0.2, 0.25) is 0 Å². The number of hydrogen-bond donors (Lipinski definition) is 0. The van der Waals surface area contributed by atoms with Crippen molar-refractivity contribution in [3.63, 3.8) is 0 Å². The van der Waals surface area contributed by atoms with Crippen molar-refractivity contribution in [2.45, 2.75) is 52.6 Å². The van der Waals surface area contributed by atoms with Gasteiger partial charge in [0.2, 0.25) is 0 Å². The molecule has 1 aromatic rings. The van der Waals surface area contributed by atoms with Crippen molar-refractivity contribution < 1.29 is 27.8 Å². The summed E-state index contributed by atoms with van der Waals surface area (Å²) in [6.45, 7) is 7.50. The third-order valence-corrected chi connectivity index (χ3v) is 6.64. The SMILES string of the molecule is CCOC(=O)[C@@]1(CCC(C)C)C[C@](C)(C(=O)CS[n+]2cc(Br)cc(Br)c2)OC1=O. The van der Waals surface area contributed by atoms with Gasteiger partial charge in [0, 0.05) is 6.42 Å². The van der Waals surface area contributed by atoms with Gasteiger partial charge in [-0.1, -0.05) is 13.8 Å². The number of carbonyl (C=O) groups excluding carboxylic acids is 3. The van der Waals surface area contributed by atoms with Gasteiger partial charge in [-0.2, -0.15) is 0 Å². The largest absolute Gasteiger partial charge is 0.465 e. The number of ketones is 1. The van der Waals surface area contributed by atoms with E-state index >= 15 is 0 Å². The molecule has 1 aromatic heterocycles. The standard InChI is InChI=1S/C20H26Br2NO5S/c1-5-27-17(25)20(7-6-13(2)3)12-19(4,28-18(20)26)16(24)11-29-23-9-14(21)8-15(22)10-23/h8-10,13H,5-7,11-12H2,1-4H3/q+1/t19-,20-/m1/s1. The predicted octanol–water partition coefficient (Wildman–Crippen LogP) is 4.26. The van der Waals surface area contributed by atoms with E-state index < -0.39 is 23.0 Å². The van der Waals surface area contributed by atoms with E-state index in [1.807, 2.05) is 32.3 Å². The van der Waals surface area contributed by atoms with E-state index in [0.717, 1.165) is 8.95 Å². The molecule has 0 N–H and O–H groups in total. The van der Waals surface area contributed by atoms with Gasteiger partial charge in [-0.05, 0) is 70.5 Å². The van der Waals surface area contributed by atoms with Gasteiger partial charge in [-0.25, -0.2) is 0 Å². The van der Waals surface area contributed by atoms with Crippen molar-refractivity contribution in [3.05, 3.63) is 27.4 Å². The number of pyridine rings is 1. The molecule has 0 unspecified atom stereocenters. The average molecular weight is 552 g/mol. The number of aromatic nitrogens is 1. The lowest BCUT2D eigenvalue weighted by atomic mass is 9.75. The highest BCUT2D eigenvalue weighted by Crippen LogP contribution is 2.46. The molecule has 0 spiro atoms. The number of cyclic esters (lactones) is 1. The maximum atomic E-state index is 13.0. The van der Waals surface area contributed by atoms with Crippen LogP contribution in [-0.2, 0) is 23.9 Å². The lowest BCUT2D eigenvalue weighted by Crippen LogP contribution is -2.41. The lowest BCUT2D eigenvalue weighted by Gasteiger charge is -2.24. The molecule has 0 amide bonds. The van der Waals surface area contributed by atoms with Crippen molar-refractivity contribution >= 4 is 61.5 Å². The molecule has 0 aliphatic carbocycles. The molecular formula is C20H26Br2NO5S+. The number of halogens is 2. The van der Waals surface area contributed by atoms with Crippen molar-refractivity contribution in [3.8, 4) is 0 Å². The minimum atomic E-state index is -1.42. The number of carbonyl (C=O) groups is 3. The summed E-state index contributed by atoms with van der Waals surface area (Å²) in [5.41, 5.74) is -2.76. The molecule has 9 heteroatoms. The van der Waals surface area contributed by atoms with E-state index in [1.54, 1.807) is 17.8 Å². The molecule has 29 heavy (non-hydrogen) atoms. The summed E-state index contributed by atoms with van der Waals surface area (Å²) in [4.78, 5) is 38.5. The van der Waals surface area contributed by atoms with Crippen molar-refractivity contribution in [2.75, 3.05) is 12.4 Å². The normalized spacial score (nSPS) is 23.9. The average Bonchev–Trinajstić information content (AvgIpc) is 2.89. The fourth-order valence-corrected chi connectivity index (χ4v) is 5.70. The summed E-state index contributed by atoms with van der Waals surface area (Å²) in [6, 6.07) is 1.89. The Morgan fingerprint density at radius 2 is 1.93 bits per heavy atom. The van der Waals surface area contributed by atoms with E-state index in [0.29, 0.717) is 18.8 Å². The van der Waals surface area contributed by atoms with E-state index in [-0.39, 0.29) is 24.6 Å². The third kappa shape index (κ3) is 5.82. The Balaban J connectivity index is 2.18.